The third-order valence-corrected chi connectivity index (χ3v) is 6.58. The zero-order valence-electron chi connectivity index (χ0n) is 20.0. The number of fused-ring (bicyclic) bond motifs is 1. The summed E-state index contributed by atoms with van der Waals surface area (Å²) in [7, 11) is -1.23. The molecule has 2 aromatic carbocycles. The lowest BCUT2D eigenvalue weighted by molar-refractivity contribution is 0.0866. The van der Waals surface area contributed by atoms with Crippen LogP contribution in [0.2, 0.25) is 13.1 Å². The molecular formula is C27H30F2N2OSi. The summed E-state index contributed by atoms with van der Waals surface area (Å²) < 4.78 is 36.1. The molecule has 0 saturated carbocycles. The second-order valence-electron chi connectivity index (χ2n) is 9.87. The second-order valence-corrected chi connectivity index (χ2v) is 12.2. The molecule has 0 amide bonds. The monoisotopic (exact) mass is 464 g/mol. The number of halogens is 2. The summed E-state index contributed by atoms with van der Waals surface area (Å²) in [5.41, 5.74) is 5.59. The summed E-state index contributed by atoms with van der Waals surface area (Å²) in [6, 6.07) is 16.0. The molecule has 4 aromatic rings. The minimum atomic E-state index is -1.23. The molecule has 0 radical (unpaired) electrons. The van der Waals surface area contributed by atoms with Crippen molar-refractivity contribution < 1.29 is 13.2 Å². The Balaban J connectivity index is 1.77. The Labute approximate surface area is 195 Å². The van der Waals surface area contributed by atoms with Crippen molar-refractivity contribution in [2.45, 2.75) is 46.9 Å². The number of rotatable bonds is 5. The number of aryl methyl sites for hydroxylation is 1. The maximum absolute atomic E-state index is 14.4. The van der Waals surface area contributed by atoms with E-state index < -0.39 is 20.7 Å². The average molecular weight is 465 g/mol. The fourth-order valence-electron chi connectivity index (χ4n) is 4.21. The number of benzene rings is 2. The fourth-order valence-corrected chi connectivity index (χ4v) is 5.32. The van der Waals surface area contributed by atoms with Crippen molar-refractivity contribution in [1.29, 1.82) is 0 Å². The van der Waals surface area contributed by atoms with Gasteiger partial charge in [0.15, 0.2) is 9.04 Å². The first-order valence-electron chi connectivity index (χ1n) is 11.2. The largest absolute Gasteiger partial charge is 0.413 e. The van der Waals surface area contributed by atoms with E-state index in [2.05, 4.69) is 63.1 Å². The molecule has 0 aliphatic heterocycles. The topological polar surface area (TPSA) is 26.5 Å². The molecule has 1 unspecified atom stereocenters. The normalized spacial score (nSPS) is 13.1. The van der Waals surface area contributed by atoms with E-state index in [4.69, 9.17) is 4.43 Å². The summed E-state index contributed by atoms with van der Waals surface area (Å²) in [6.07, 6.45) is 2.04. The van der Waals surface area contributed by atoms with Gasteiger partial charge in [0.1, 0.15) is 17.3 Å². The number of aromatic nitrogens is 2. The van der Waals surface area contributed by atoms with E-state index in [1.165, 1.54) is 12.1 Å². The highest BCUT2D eigenvalue weighted by Gasteiger charge is 2.28. The zero-order valence-corrected chi connectivity index (χ0v) is 21.1. The van der Waals surface area contributed by atoms with Crippen LogP contribution in [0.15, 0.2) is 60.8 Å². The summed E-state index contributed by atoms with van der Waals surface area (Å²) in [5, 5.41) is 0. The van der Waals surface area contributed by atoms with Gasteiger partial charge in [-0.25, -0.2) is 13.8 Å². The van der Waals surface area contributed by atoms with Crippen LogP contribution in [0.3, 0.4) is 0 Å². The maximum Gasteiger partial charge on any atom is 0.171 e. The number of nitrogens with zero attached hydrogens (tertiary/aromatic N) is 2. The Morgan fingerprint density at radius 2 is 1.73 bits per heavy atom. The van der Waals surface area contributed by atoms with Crippen LogP contribution in [0.25, 0.3) is 28.0 Å². The van der Waals surface area contributed by atoms with E-state index in [9.17, 15) is 8.78 Å². The molecule has 0 bridgehead atoms. The van der Waals surface area contributed by atoms with Crippen molar-refractivity contribution in [3.8, 4) is 22.4 Å². The number of hydrogen-bond acceptors (Lipinski definition) is 2. The van der Waals surface area contributed by atoms with Crippen molar-refractivity contribution >= 4 is 14.7 Å². The zero-order chi connectivity index (χ0) is 23.9. The molecule has 0 fully saturated rings. The van der Waals surface area contributed by atoms with Crippen LogP contribution < -0.4 is 0 Å². The van der Waals surface area contributed by atoms with Gasteiger partial charge in [-0.05, 0) is 72.5 Å². The maximum atomic E-state index is 14.4. The highest BCUT2D eigenvalue weighted by Crippen LogP contribution is 2.38. The summed E-state index contributed by atoms with van der Waals surface area (Å²) in [6.45, 7) is 12.9. The van der Waals surface area contributed by atoms with E-state index >= 15 is 0 Å². The van der Waals surface area contributed by atoms with E-state index in [1.54, 1.807) is 0 Å². The highest BCUT2D eigenvalue weighted by molar-refractivity contribution is 6.48. The number of pyridine rings is 1. The quantitative estimate of drug-likeness (QED) is 0.289. The van der Waals surface area contributed by atoms with Gasteiger partial charge in [0.25, 0.3) is 0 Å². The predicted octanol–water partition coefficient (Wildman–Crippen LogP) is 7.34. The first kappa shape index (κ1) is 23.3. The van der Waals surface area contributed by atoms with Gasteiger partial charge in [0.05, 0.1) is 11.8 Å². The standard InChI is InChI=1S/C27H30F2N2OSi/c1-17-25(22-12-11-21(28)15-23(22)29)30-24-13-10-20(16-31(17)24)18-8-7-9-19(14-18)26(27(2,3)4)32-33(5)6/h7-16,26,33H,1-6H3. The van der Waals surface area contributed by atoms with Crippen molar-refractivity contribution in [3.05, 3.63) is 83.7 Å². The van der Waals surface area contributed by atoms with E-state index in [-0.39, 0.29) is 11.5 Å². The van der Waals surface area contributed by atoms with Crippen LogP contribution in [0.4, 0.5) is 8.78 Å². The Hall–Kier alpha value is -2.83. The first-order chi connectivity index (χ1) is 15.5. The molecular weight excluding hydrogens is 434 g/mol. The van der Waals surface area contributed by atoms with Gasteiger partial charge in [-0.15, -0.1) is 0 Å². The third-order valence-electron chi connectivity index (χ3n) is 5.76. The average Bonchev–Trinajstić information content (AvgIpc) is 3.07. The molecule has 6 heteroatoms. The van der Waals surface area contributed by atoms with Gasteiger partial charge in [-0.2, -0.15) is 0 Å². The molecule has 2 aromatic heterocycles. The lowest BCUT2D eigenvalue weighted by atomic mass is 9.84. The Bertz CT molecular complexity index is 1310. The first-order valence-corrected chi connectivity index (χ1v) is 14.0. The van der Waals surface area contributed by atoms with Crippen LogP contribution in [-0.2, 0) is 4.43 Å². The van der Waals surface area contributed by atoms with Crippen molar-refractivity contribution in [2.24, 2.45) is 5.41 Å². The van der Waals surface area contributed by atoms with Gasteiger partial charge in [0, 0.05) is 23.5 Å². The van der Waals surface area contributed by atoms with Crippen molar-refractivity contribution in [3.63, 3.8) is 0 Å². The third kappa shape index (κ3) is 4.77. The van der Waals surface area contributed by atoms with Gasteiger partial charge in [0.2, 0.25) is 0 Å². The Kier molecular flexibility index (Phi) is 6.25. The van der Waals surface area contributed by atoms with E-state index in [0.29, 0.717) is 16.9 Å². The molecule has 0 saturated heterocycles. The summed E-state index contributed by atoms with van der Waals surface area (Å²) in [4.78, 5) is 4.60. The second kappa shape index (κ2) is 8.84. The van der Waals surface area contributed by atoms with Gasteiger partial charge >= 0.3 is 0 Å². The number of imidazole rings is 1. The molecule has 0 spiro atoms. The predicted molar refractivity (Wildman–Crippen MR) is 133 cm³/mol. The van der Waals surface area contributed by atoms with Crippen molar-refractivity contribution in [2.75, 3.05) is 0 Å². The molecule has 2 heterocycles. The van der Waals surface area contributed by atoms with Crippen LogP contribution >= 0.6 is 0 Å². The fraction of sp³-hybridized carbons (Fsp3) is 0.296. The van der Waals surface area contributed by atoms with Crippen molar-refractivity contribution in [1.82, 2.24) is 9.38 Å². The smallest absolute Gasteiger partial charge is 0.171 e. The summed E-state index contributed by atoms with van der Waals surface area (Å²) in [5.74, 6) is -1.21. The van der Waals surface area contributed by atoms with Crippen LogP contribution in [-0.4, -0.2) is 18.4 Å². The van der Waals surface area contributed by atoms with Crippen LogP contribution in [0.1, 0.15) is 38.1 Å². The molecule has 1 atom stereocenters. The SMILES string of the molecule is Cc1c(-c2ccc(F)cc2F)nc2ccc(-c3cccc(C(O[SiH](C)C)C(C)(C)C)c3)cn12. The highest BCUT2D eigenvalue weighted by atomic mass is 28.3. The Morgan fingerprint density at radius 3 is 2.39 bits per heavy atom. The van der Waals surface area contributed by atoms with Gasteiger partial charge < -0.3 is 8.83 Å². The van der Waals surface area contributed by atoms with E-state index in [1.807, 2.05) is 29.7 Å². The molecule has 0 aliphatic rings. The molecule has 0 aliphatic carbocycles. The minimum absolute atomic E-state index is 0.0189. The Morgan fingerprint density at radius 1 is 0.970 bits per heavy atom. The lowest BCUT2D eigenvalue weighted by Crippen LogP contribution is -2.25. The van der Waals surface area contributed by atoms with Gasteiger partial charge in [-0.1, -0.05) is 39.0 Å². The summed E-state index contributed by atoms with van der Waals surface area (Å²) >= 11 is 0. The molecule has 3 nitrogen and oxygen atoms in total. The van der Waals surface area contributed by atoms with Crippen LogP contribution in [0, 0.1) is 24.0 Å². The van der Waals surface area contributed by atoms with E-state index in [0.717, 1.165) is 28.5 Å². The molecule has 33 heavy (non-hydrogen) atoms. The van der Waals surface area contributed by atoms with Crippen LogP contribution in [0.5, 0.6) is 0 Å². The molecule has 0 N–H and O–H groups in total. The molecule has 4 rings (SSSR count). The lowest BCUT2D eigenvalue weighted by Gasteiger charge is -2.33. The molecule has 172 valence electrons. The van der Waals surface area contributed by atoms with Gasteiger partial charge in [-0.3, -0.25) is 0 Å². The minimum Gasteiger partial charge on any atom is -0.413 e. The number of hydrogen-bond donors (Lipinski definition) is 0.